The van der Waals surface area contributed by atoms with Crippen molar-refractivity contribution in [3.63, 3.8) is 0 Å². The molecule has 0 radical (unpaired) electrons. The lowest BCUT2D eigenvalue weighted by molar-refractivity contribution is 0.0880. The van der Waals surface area contributed by atoms with Crippen molar-refractivity contribution in [2.24, 2.45) is 11.8 Å². The standard InChI is InChI=1S/C29H42FN5O2S2/c1-4-38-15-14-34-13-11-26(32-28(37)33-29-31-20(2)27(39-29)21(3)36)24(18-34)19-35-12-5-6-23(17-35)16-22-7-9-25(30)10-8-22/h7-10,23-24,26H,4-6,11-19H2,1-3H3,(H2,31,32,33,37)/t23?,24-,26+/m0/s1. The lowest BCUT2D eigenvalue weighted by Crippen LogP contribution is -2.56. The maximum Gasteiger partial charge on any atom is 0.321 e. The van der Waals surface area contributed by atoms with Crippen molar-refractivity contribution < 1.29 is 14.0 Å². The third-order valence-corrected chi connectivity index (χ3v) is 9.81. The largest absolute Gasteiger partial charge is 0.335 e. The molecule has 2 aromatic rings. The van der Waals surface area contributed by atoms with Gasteiger partial charge in [0, 0.05) is 57.4 Å². The minimum atomic E-state index is -0.253. The molecule has 2 aliphatic rings. The second kappa shape index (κ2) is 14.6. The summed E-state index contributed by atoms with van der Waals surface area (Å²) in [6.07, 6.45) is 4.24. The Morgan fingerprint density at radius 1 is 1.15 bits per heavy atom. The molecule has 10 heteroatoms. The van der Waals surface area contributed by atoms with Crippen LogP contribution in [-0.4, -0.2) is 83.4 Å². The van der Waals surface area contributed by atoms with E-state index in [0.717, 1.165) is 70.0 Å². The first-order chi connectivity index (χ1) is 18.8. The van der Waals surface area contributed by atoms with E-state index in [1.54, 1.807) is 19.1 Å². The lowest BCUT2D eigenvalue weighted by Gasteiger charge is -2.42. The first-order valence-electron chi connectivity index (χ1n) is 14.1. The SMILES string of the molecule is CCSCCN1CC[C@@H](NC(=O)Nc2nc(C)c(C(C)=O)s2)[C@H](CN2CCCC(Cc3ccc(F)cc3)C2)C1. The average Bonchev–Trinajstić information content (AvgIpc) is 3.27. The predicted octanol–water partition coefficient (Wildman–Crippen LogP) is 5.31. The number of nitrogens with zero attached hydrogens (tertiary/aromatic N) is 3. The van der Waals surface area contributed by atoms with Crippen molar-refractivity contribution >= 4 is 40.0 Å². The van der Waals surface area contributed by atoms with Crippen LogP contribution in [-0.2, 0) is 6.42 Å². The van der Waals surface area contributed by atoms with Gasteiger partial charge in [-0.25, -0.2) is 14.2 Å². The van der Waals surface area contributed by atoms with Crippen LogP contribution in [0.5, 0.6) is 0 Å². The molecule has 1 aromatic heterocycles. The number of anilines is 1. The highest BCUT2D eigenvalue weighted by molar-refractivity contribution is 7.99. The van der Waals surface area contributed by atoms with Crippen LogP contribution in [0.25, 0.3) is 0 Å². The summed E-state index contributed by atoms with van der Waals surface area (Å²) in [4.78, 5) is 34.8. The highest BCUT2D eigenvalue weighted by Gasteiger charge is 2.33. The van der Waals surface area contributed by atoms with Crippen molar-refractivity contribution in [2.75, 3.05) is 56.1 Å². The van der Waals surface area contributed by atoms with Gasteiger partial charge in [-0.1, -0.05) is 30.4 Å². The van der Waals surface area contributed by atoms with Crippen LogP contribution >= 0.6 is 23.1 Å². The number of thioether (sulfide) groups is 1. The van der Waals surface area contributed by atoms with Gasteiger partial charge in [0.15, 0.2) is 10.9 Å². The summed E-state index contributed by atoms with van der Waals surface area (Å²) in [6, 6.07) is 6.74. The summed E-state index contributed by atoms with van der Waals surface area (Å²) in [5.74, 6) is 2.93. The summed E-state index contributed by atoms with van der Waals surface area (Å²) in [6.45, 7) is 11.6. The Kier molecular flexibility index (Phi) is 11.2. The number of hydrogen-bond acceptors (Lipinski definition) is 7. The number of likely N-dealkylation sites (tertiary alicyclic amines) is 2. The van der Waals surface area contributed by atoms with E-state index < -0.39 is 0 Å². The van der Waals surface area contributed by atoms with Gasteiger partial charge >= 0.3 is 6.03 Å². The quantitative estimate of drug-likeness (QED) is 0.279. The molecule has 3 heterocycles. The molecule has 39 heavy (non-hydrogen) atoms. The topological polar surface area (TPSA) is 77.6 Å². The van der Waals surface area contributed by atoms with E-state index in [-0.39, 0.29) is 23.7 Å². The van der Waals surface area contributed by atoms with E-state index >= 15 is 0 Å². The predicted molar refractivity (Wildman–Crippen MR) is 160 cm³/mol. The summed E-state index contributed by atoms with van der Waals surface area (Å²) in [5.41, 5.74) is 1.85. The number of amides is 2. The summed E-state index contributed by atoms with van der Waals surface area (Å²) in [7, 11) is 0. The summed E-state index contributed by atoms with van der Waals surface area (Å²) >= 11 is 3.20. The van der Waals surface area contributed by atoms with Crippen molar-refractivity contribution in [1.82, 2.24) is 20.1 Å². The molecular weight excluding hydrogens is 533 g/mol. The number of rotatable bonds is 11. The molecule has 2 fully saturated rings. The Hall–Kier alpha value is -2.01. The molecular formula is C29H42FN5O2S2. The molecule has 214 valence electrons. The van der Waals surface area contributed by atoms with Crippen LogP contribution in [0.4, 0.5) is 14.3 Å². The highest BCUT2D eigenvalue weighted by atomic mass is 32.2. The third kappa shape index (κ3) is 8.99. The van der Waals surface area contributed by atoms with Crippen molar-refractivity contribution in [3.05, 3.63) is 46.2 Å². The van der Waals surface area contributed by atoms with Gasteiger partial charge in [-0.15, -0.1) is 0 Å². The molecule has 0 aliphatic carbocycles. The van der Waals surface area contributed by atoms with Crippen molar-refractivity contribution in [3.8, 4) is 0 Å². The number of carbonyl (C=O) groups excluding carboxylic acids is 2. The second-order valence-corrected chi connectivity index (χ2v) is 13.2. The lowest BCUT2D eigenvalue weighted by atomic mass is 9.88. The Morgan fingerprint density at radius 2 is 1.95 bits per heavy atom. The van der Waals surface area contributed by atoms with E-state index in [4.69, 9.17) is 0 Å². The molecule has 4 rings (SSSR count). The minimum absolute atomic E-state index is 0.0357. The molecule has 2 N–H and O–H groups in total. The van der Waals surface area contributed by atoms with Crippen LogP contribution < -0.4 is 10.6 Å². The average molecular weight is 576 g/mol. The summed E-state index contributed by atoms with van der Waals surface area (Å²) < 4.78 is 13.4. The maximum absolute atomic E-state index is 13.4. The fourth-order valence-electron chi connectivity index (χ4n) is 5.87. The van der Waals surface area contributed by atoms with E-state index in [2.05, 4.69) is 32.3 Å². The van der Waals surface area contributed by atoms with Crippen molar-refractivity contribution in [2.45, 2.75) is 52.5 Å². The molecule has 3 atom stereocenters. The fraction of sp³-hybridized carbons (Fsp3) is 0.621. The number of thiazole rings is 1. The number of piperidine rings is 2. The smallest absolute Gasteiger partial charge is 0.321 e. The Labute approximate surface area is 240 Å². The highest BCUT2D eigenvalue weighted by Crippen LogP contribution is 2.26. The van der Waals surface area contributed by atoms with Crippen LogP contribution in [0.3, 0.4) is 0 Å². The first kappa shape index (κ1) is 30.0. The Morgan fingerprint density at radius 3 is 2.67 bits per heavy atom. The number of urea groups is 1. The van der Waals surface area contributed by atoms with Gasteiger partial charge in [0.2, 0.25) is 0 Å². The molecule has 7 nitrogen and oxygen atoms in total. The number of halogens is 1. The zero-order valence-electron chi connectivity index (χ0n) is 23.4. The number of aromatic nitrogens is 1. The van der Waals surface area contributed by atoms with Gasteiger partial charge in [-0.05, 0) is 68.5 Å². The van der Waals surface area contributed by atoms with Gasteiger partial charge < -0.3 is 15.1 Å². The molecule has 0 spiro atoms. The molecule has 2 amide bonds. The molecule has 1 unspecified atom stereocenters. The zero-order chi connectivity index (χ0) is 27.8. The number of hydrogen-bond donors (Lipinski definition) is 2. The molecule has 1 aromatic carbocycles. The summed E-state index contributed by atoms with van der Waals surface area (Å²) in [5, 5.41) is 6.57. The number of aryl methyl sites for hydroxylation is 1. The van der Waals surface area contributed by atoms with E-state index in [1.165, 1.54) is 30.2 Å². The van der Waals surface area contributed by atoms with E-state index in [1.807, 2.05) is 23.9 Å². The van der Waals surface area contributed by atoms with Crippen LogP contribution in [0.15, 0.2) is 24.3 Å². The van der Waals surface area contributed by atoms with Crippen molar-refractivity contribution in [1.29, 1.82) is 0 Å². The van der Waals surface area contributed by atoms with Gasteiger partial charge in [-0.2, -0.15) is 11.8 Å². The Balaban J connectivity index is 1.37. The van der Waals surface area contributed by atoms with Crippen LogP contribution in [0.2, 0.25) is 0 Å². The number of Topliss-reactive ketones (excluding diaryl/α,β-unsaturated/α-hetero) is 1. The second-order valence-electron chi connectivity index (χ2n) is 10.8. The van der Waals surface area contributed by atoms with Crippen LogP contribution in [0.1, 0.15) is 54.0 Å². The maximum atomic E-state index is 13.4. The van der Waals surface area contributed by atoms with Gasteiger partial charge in [0.25, 0.3) is 0 Å². The molecule has 0 bridgehead atoms. The Bertz CT molecular complexity index is 1100. The van der Waals surface area contributed by atoms with Gasteiger partial charge in [0.05, 0.1) is 10.6 Å². The number of nitrogens with one attached hydrogen (secondary N) is 2. The number of ketones is 1. The minimum Gasteiger partial charge on any atom is -0.335 e. The van der Waals surface area contributed by atoms with Crippen LogP contribution in [0, 0.1) is 24.6 Å². The number of carbonyl (C=O) groups is 2. The number of benzene rings is 1. The monoisotopic (exact) mass is 575 g/mol. The first-order valence-corrected chi connectivity index (χ1v) is 16.1. The van der Waals surface area contributed by atoms with Gasteiger partial charge in [-0.3, -0.25) is 10.1 Å². The normalized spacial score (nSPS) is 22.5. The zero-order valence-corrected chi connectivity index (χ0v) is 25.0. The molecule has 0 saturated carbocycles. The molecule has 2 saturated heterocycles. The van der Waals surface area contributed by atoms with E-state index in [9.17, 15) is 14.0 Å². The molecule has 2 aliphatic heterocycles. The van der Waals surface area contributed by atoms with Gasteiger partial charge in [0.1, 0.15) is 5.82 Å². The van der Waals surface area contributed by atoms with E-state index in [0.29, 0.717) is 27.5 Å². The fourth-order valence-corrected chi connectivity index (χ4v) is 7.40. The third-order valence-electron chi connectivity index (χ3n) is 7.76.